The van der Waals surface area contributed by atoms with Crippen LogP contribution in [-0.2, 0) is 5.60 Å². The molecule has 1 saturated carbocycles. The van der Waals surface area contributed by atoms with Crippen LogP contribution in [0, 0.1) is 0 Å². The molecule has 4 nitrogen and oxygen atoms in total. The van der Waals surface area contributed by atoms with Crippen molar-refractivity contribution in [2.45, 2.75) is 24.9 Å². The van der Waals surface area contributed by atoms with E-state index in [0.717, 1.165) is 19.3 Å². The number of aliphatic hydroxyl groups is 1. The van der Waals surface area contributed by atoms with E-state index in [-0.39, 0.29) is 0 Å². The largest absolute Gasteiger partial charge is 0.382 e. The molecule has 1 aromatic heterocycles. The van der Waals surface area contributed by atoms with E-state index in [2.05, 4.69) is 14.7 Å². The van der Waals surface area contributed by atoms with E-state index in [1.807, 2.05) is 0 Å². The molecule has 1 heterocycles. The third-order valence-electron chi connectivity index (χ3n) is 1.96. The molecule has 0 aromatic carbocycles. The Labute approximate surface area is 57.9 Å². The molecule has 0 atom stereocenters. The minimum atomic E-state index is -0.771. The van der Waals surface area contributed by atoms with Crippen molar-refractivity contribution in [3.8, 4) is 0 Å². The van der Waals surface area contributed by atoms with Crippen molar-refractivity contribution in [2.75, 3.05) is 0 Å². The molecule has 1 aliphatic carbocycles. The van der Waals surface area contributed by atoms with Crippen LogP contribution in [0.2, 0.25) is 0 Å². The summed E-state index contributed by atoms with van der Waals surface area (Å²) in [6.07, 6.45) is 3.80. The molecule has 0 aliphatic heterocycles. The molecule has 1 aliphatic rings. The minimum Gasteiger partial charge on any atom is -0.382 e. The summed E-state index contributed by atoms with van der Waals surface area (Å²) in [6, 6.07) is 0. The SMILES string of the molecule is OC1(c2ncon2)CCC1. The highest BCUT2D eigenvalue weighted by atomic mass is 16.5. The predicted octanol–water partition coefficient (Wildman–Crippen LogP) is 0.441. The molecule has 1 fully saturated rings. The van der Waals surface area contributed by atoms with Gasteiger partial charge in [0.2, 0.25) is 12.2 Å². The van der Waals surface area contributed by atoms with Gasteiger partial charge in [0.1, 0.15) is 5.60 Å². The Morgan fingerprint density at radius 2 is 2.40 bits per heavy atom. The number of hydrogen-bond acceptors (Lipinski definition) is 4. The smallest absolute Gasteiger partial charge is 0.213 e. The summed E-state index contributed by atoms with van der Waals surface area (Å²) in [5.74, 6) is 0.429. The normalized spacial score (nSPS) is 22.1. The summed E-state index contributed by atoms with van der Waals surface area (Å²) in [5, 5.41) is 13.2. The van der Waals surface area contributed by atoms with Gasteiger partial charge < -0.3 is 9.63 Å². The molecule has 0 unspecified atom stereocenters. The molecule has 0 saturated heterocycles. The summed E-state index contributed by atoms with van der Waals surface area (Å²) in [7, 11) is 0. The zero-order valence-electron chi connectivity index (χ0n) is 5.45. The lowest BCUT2D eigenvalue weighted by Crippen LogP contribution is -2.34. The van der Waals surface area contributed by atoms with Crippen LogP contribution >= 0.6 is 0 Å². The zero-order valence-corrected chi connectivity index (χ0v) is 5.45. The second-order valence-electron chi connectivity index (χ2n) is 2.64. The van der Waals surface area contributed by atoms with Gasteiger partial charge in [0.15, 0.2) is 0 Å². The maximum absolute atomic E-state index is 9.59. The van der Waals surface area contributed by atoms with Gasteiger partial charge in [-0.3, -0.25) is 0 Å². The average molecular weight is 140 g/mol. The molecule has 0 radical (unpaired) electrons. The van der Waals surface area contributed by atoms with Crippen LogP contribution in [0.25, 0.3) is 0 Å². The Balaban J connectivity index is 2.27. The standard InChI is InChI=1S/C6H8N2O2/c9-6(2-1-3-6)5-7-4-10-8-5/h4,9H,1-3H2. The molecule has 0 amide bonds. The molecular formula is C6H8N2O2. The second-order valence-corrected chi connectivity index (χ2v) is 2.64. The summed E-state index contributed by atoms with van der Waals surface area (Å²) >= 11 is 0. The van der Waals surface area contributed by atoms with E-state index in [1.54, 1.807) is 0 Å². The molecule has 1 N–H and O–H groups in total. The van der Waals surface area contributed by atoms with E-state index in [4.69, 9.17) is 0 Å². The van der Waals surface area contributed by atoms with Crippen molar-refractivity contribution in [3.63, 3.8) is 0 Å². The van der Waals surface area contributed by atoms with E-state index in [1.165, 1.54) is 6.39 Å². The molecule has 2 rings (SSSR count). The lowest BCUT2D eigenvalue weighted by Gasteiger charge is -2.32. The van der Waals surface area contributed by atoms with Crippen molar-refractivity contribution in [2.24, 2.45) is 0 Å². The van der Waals surface area contributed by atoms with Gasteiger partial charge in [0, 0.05) is 0 Å². The number of aromatic nitrogens is 2. The number of hydrogen-bond donors (Lipinski definition) is 1. The highest BCUT2D eigenvalue weighted by Gasteiger charge is 2.40. The van der Waals surface area contributed by atoms with Crippen LogP contribution in [0.3, 0.4) is 0 Å². The molecule has 54 valence electrons. The first-order chi connectivity index (χ1) is 4.81. The van der Waals surface area contributed by atoms with E-state index >= 15 is 0 Å². The average Bonchev–Trinajstić information content (AvgIpc) is 2.33. The summed E-state index contributed by atoms with van der Waals surface area (Å²) in [4.78, 5) is 3.78. The van der Waals surface area contributed by atoms with Gasteiger partial charge in [0.05, 0.1) is 0 Å². The summed E-state index contributed by atoms with van der Waals surface area (Å²) in [6.45, 7) is 0. The first-order valence-electron chi connectivity index (χ1n) is 3.30. The van der Waals surface area contributed by atoms with Crippen molar-refractivity contribution < 1.29 is 9.63 Å². The van der Waals surface area contributed by atoms with Gasteiger partial charge in [0.25, 0.3) is 0 Å². The van der Waals surface area contributed by atoms with Crippen LogP contribution in [0.5, 0.6) is 0 Å². The van der Waals surface area contributed by atoms with E-state index in [9.17, 15) is 5.11 Å². The zero-order chi connectivity index (χ0) is 7.03. The van der Waals surface area contributed by atoms with Gasteiger partial charge >= 0.3 is 0 Å². The predicted molar refractivity (Wildman–Crippen MR) is 32.0 cm³/mol. The molecule has 10 heavy (non-hydrogen) atoms. The maximum atomic E-state index is 9.59. The van der Waals surface area contributed by atoms with E-state index < -0.39 is 5.60 Å². The molecular weight excluding hydrogens is 132 g/mol. The quantitative estimate of drug-likeness (QED) is 0.615. The van der Waals surface area contributed by atoms with Crippen molar-refractivity contribution in [1.82, 2.24) is 10.1 Å². The Kier molecular flexibility index (Phi) is 1.05. The fourth-order valence-electron chi connectivity index (χ4n) is 1.11. The first-order valence-corrected chi connectivity index (χ1v) is 3.30. The lowest BCUT2D eigenvalue weighted by atomic mass is 9.80. The van der Waals surface area contributed by atoms with Gasteiger partial charge in [-0.25, -0.2) is 0 Å². The fraction of sp³-hybridized carbons (Fsp3) is 0.667. The minimum absolute atomic E-state index is 0.429. The Morgan fingerprint density at radius 1 is 1.60 bits per heavy atom. The van der Waals surface area contributed by atoms with Gasteiger partial charge in [-0.1, -0.05) is 5.16 Å². The highest BCUT2D eigenvalue weighted by Crippen LogP contribution is 2.38. The maximum Gasteiger partial charge on any atom is 0.213 e. The Bertz CT molecular complexity index is 216. The molecule has 0 bridgehead atoms. The van der Waals surface area contributed by atoms with Gasteiger partial charge in [-0.05, 0) is 19.3 Å². The van der Waals surface area contributed by atoms with Crippen molar-refractivity contribution in [1.29, 1.82) is 0 Å². The van der Waals surface area contributed by atoms with Gasteiger partial charge in [-0.2, -0.15) is 4.98 Å². The summed E-state index contributed by atoms with van der Waals surface area (Å²) < 4.78 is 4.52. The Morgan fingerprint density at radius 3 is 2.80 bits per heavy atom. The van der Waals surface area contributed by atoms with E-state index in [0.29, 0.717) is 5.82 Å². The second kappa shape index (κ2) is 1.79. The van der Waals surface area contributed by atoms with Crippen LogP contribution in [0.1, 0.15) is 25.1 Å². The summed E-state index contributed by atoms with van der Waals surface area (Å²) in [5.41, 5.74) is -0.771. The molecule has 1 aromatic rings. The number of rotatable bonds is 1. The number of nitrogens with zero attached hydrogens (tertiary/aromatic N) is 2. The fourth-order valence-corrected chi connectivity index (χ4v) is 1.11. The van der Waals surface area contributed by atoms with Crippen molar-refractivity contribution in [3.05, 3.63) is 12.2 Å². The third-order valence-corrected chi connectivity index (χ3v) is 1.96. The third kappa shape index (κ3) is 0.654. The van der Waals surface area contributed by atoms with Gasteiger partial charge in [-0.15, -0.1) is 0 Å². The van der Waals surface area contributed by atoms with Crippen LogP contribution in [-0.4, -0.2) is 15.2 Å². The topological polar surface area (TPSA) is 59.2 Å². The molecule has 0 spiro atoms. The van der Waals surface area contributed by atoms with Crippen LogP contribution in [0.15, 0.2) is 10.9 Å². The first kappa shape index (κ1) is 5.85. The Hall–Kier alpha value is -0.900. The van der Waals surface area contributed by atoms with Crippen molar-refractivity contribution >= 4 is 0 Å². The monoisotopic (exact) mass is 140 g/mol. The lowest BCUT2D eigenvalue weighted by molar-refractivity contribution is -0.0482. The highest BCUT2D eigenvalue weighted by molar-refractivity contribution is 5.02. The molecule has 4 heteroatoms. The van der Waals surface area contributed by atoms with Crippen LogP contribution < -0.4 is 0 Å². The van der Waals surface area contributed by atoms with Crippen LogP contribution in [0.4, 0.5) is 0 Å².